The molecule has 0 saturated carbocycles. The number of aryl methyl sites for hydroxylation is 1. The lowest BCUT2D eigenvalue weighted by atomic mass is 9.99. The summed E-state index contributed by atoms with van der Waals surface area (Å²) in [6, 6.07) is 20.5. The number of rotatable bonds is 7. The van der Waals surface area contributed by atoms with E-state index in [2.05, 4.69) is 53.2 Å². The molecule has 0 saturated heterocycles. The van der Waals surface area contributed by atoms with Gasteiger partial charge in [0.1, 0.15) is 6.04 Å². The summed E-state index contributed by atoms with van der Waals surface area (Å²) in [5, 5.41) is 10.3. The first-order valence-corrected chi connectivity index (χ1v) is 10.5. The Hall–Kier alpha value is -2.96. The number of carbonyl (C=O) groups excluding carboxylic acids is 2. The second-order valence-electron chi connectivity index (χ2n) is 6.62. The second kappa shape index (κ2) is 10.0. The summed E-state index contributed by atoms with van der Waals surface area (Å²) in [6.07, 6.45) is 0.971. The number of hydrogen-bond donors (Lipinski definition) is 3. The van der Waals surface area contributed by atoms with Crippen LogP contribution in [-0.2, 0) is 11.2 Å². The van der Waals surface area contributed by atoms with E-state index in [0.29, 0.717) is 0 Å². The van der Waals surface area contributed by atoms with Gasteiger partial charge in [-0.2, -0.15) is 0 Å². The topological polar surface area (TPSA) is 70.2 Å². The van der Waals surface area contributed by atoms with Crippen LogP contribution in [0.5, 0.6) is 0 Å². The molecule has 2 atom stereocenters. The van der Waals surface area contributed by atoms with Gasteiger partial charge in [0, 0.05) is 11.9 Å². The number of nitrogens with one attached hydrogen (secondary N) is 3. The largest absolute Gasteiger partial charge is 0.341 e. The molecule has 5 nitrogen and oxygen atoms in total. The summed E-state index contributed by atoms with van der Waals surface area (Å²) in [4.78, 5) is 25.8. The van der Waals surface area contributed by atoms with E-state index in [-0.39, 0.29) is 6.04 Å². The van der Waals surface area contributed by atoms with Crippen molar-refractivity contribution >= 4 is 23.3 Å². The first-order chi connectivity index (χ1) is 14.1. The molecular weight excluding hydrogens is 382 g/mol. The van der Waals surface area contributed by atoms with Crippen LogP contribution in [0.25, 0.3) is 0 Å². The summed E-state index contributed by atoms with van der Waals surface area (Å²) in [7, 11) is 1.48. The van der Waals surface area contributed by atoms with Crippen molar-refractivity contribution in [2.45, 2.75) is 25.4 Å². The molecular formula is C23H25N3O2S. The minimum atomic E-state index is -0.688. The van der Waals surface area contributed by atoms with Gasteiger partial charge in [-0.1, -0.05) is 67.6 Å². The van der Waals surface area contributed by atoms with Crippen LogP contribution in [0.15, 0.2) is 72.1 Å². The highest BCUT2D eigenvalue weighted by Crippen LogP contribution is 2.29. The van der Waals surface area contributed by atoms with Gasteiger partial charge in [0.25, 0.3) is 0 Å². The average Bonchev–Trinajstić information content (AvgIpc) is 3.29. The van der Waals surface area contributed by atoms with Gasteiger partial charge in [-0.05, 0) is 34.6 Å². The van der Waals surface area contributed by atoms with Crippen LogP contribution in [0.1, 0.15) is 40.6 Å². The molecule has 1 aromatic heterocycles. The highest BCUT2D eigenvalue weighted by atomic mass is 32.1. The predicted molar refractivity (Wildman–Crippen MR) is 117 cm³/mol. The molecule has 0 aliphatic carbocycles. The monoisotopic (exact) mass is 407 g/mol. The number of benzene rings is 2. The smallest absolute Gasteiger partial charge is 0.321 e. The summed E-state index contributed by atoms with van der Waals surface area (Å²) < 4.78 is 0. The number of hydrogen-bond acceptors (Lipinski definition) is 4. The molecule has 2 aromatic carbocycles. The van der Waals surface area contributed by atoms with Gasteiger partial charge in [0.2, 0.25) is 5.91 Å². The number of imide groups is 1. The number of amides is 3. The van der Waals surface area contributed by atoms with Crippen LogP contribution < -0.4 is 16.0 Å². The zero-order valence-corrected chi connectivity index (χ0v) is 17.3. The van der Waals surface area contributed by atoms with E-state index in [9.17, 15) is 9.59 Å². The Morgan fingerprint density at radius 3 is 2.24 bits per heavy atom. The molecule has 3 amide bonds. The quantitative estimate of drug-likeness (QED) is 0.550. The van der Waals surface area contributed by atoms with Crippen LogP contribution in [-0.4, -0.2) is 19.0 Å². The first-order valence-electron chi connectivity index (χ1n) is 9.58. The molecule has 1 heterocycles. The standard InChI is InChI=1S/C23H25N3O2S/c1-3-16-11-13-18(14-12-16)20(19-10-7-15-29-19)25-21(17-8-5-4-6-9-17)22(27)26-23(28)24-2/h4-15,20-21,25H,3H2,1-2H3,(H2,24,26,27,28)/t20-,21-/m0/s1. The summed E-state index contributed by atoms with van der Waals surface area (Å²) in [6.45, 7) is 2.12. The van der Waals surface area contributed by atoms with Crippen LogP contribution >= 0.6 is 11.3 Å². The van der Waals surface area contributed by atoms with Gasteiger partial charge >= 0.3 is 6.03 Å². The molecule has 3 aromatic rings. The zero-order valence-electron chi connectivity index (χ0n) is 16.5. The van der Waals surface area contributed by atoms with Gasteiger partial charge in [0.05, 0.1) is 6.04 Å². The lowest BCUT2D eigenvalue weighted by Gasteiger charge is -2.25. The molecule has 0 bridgehead atoms. The van der Waals surface area contributed by atoms with Gasteiger partial charge in [-0.25, -0.2) is 4.79 Å². The molecule has 3 rings (SSSR count). The Labute approximate surface area is 175 Å². The van der Waals surface area contributed by atoms with Crippen molar-refractivity contribution in [3.63, 3.8) is 0 Å². The van der Waals surface area contributed by atoms with Crippen molar-refractivity contribution in [2.24, 2.45) is 0 Å². The molecule has 150 valence electrons. The van der Waals surface area contributed by atoms with Crippen LogP contribution in [0.4, 0.5) is 4.79 Å². The highest BCUT2D eigenvalue weighted by molar-refractivity contribution is 7.10. The fraction of sp³-hybridized carbons (Fsp3) is 0.217. The Balaban J connectivity index is 1.96. The van der Waals surface area contributed by atoms with Gasteiger partial charge in [0.15, 0.2) is 0 Å². The zero-order chi connectivity index (χ0) is 20.6. The molecule has 29 heavy (non-hydrogen) atoms. The fourth-order valence-electron chi connectivity index (χ4n) is 3.13. The second-order valence-corrected chi connectivity index (χ2v) is 7.60. The van der Waals surface area contributed by atoms with Crippen molar-refractivity contribution < 1.29 is 9.59 Å². The van der Waals surface area contributed by atoms with E-state index >= 15 is 0 Å². The molecule has 6 heteroatoms. The molecule has 3 N–H and O–H groups in total. The van der Waals surface area contributed by atoms with E-state index in [1.54, 1.807) is 11.3 Å². The van der Waals surface area contributed by atoms with E-state index in [0.717, 1.165) is 22.4 Å². The summed E-state index contributed by atoms with van der Waals surface area (Å²) in [5.74, 6) is -0.401. The highest BCUT2D eigenvalue weighted by Gasteiger charge is 2.27. The number of carbonyl (C=O) groups is 2. The molecule has 0 fully saturated rings. The third-order valence-corrected chi connectivity index (χ3v) is 5.68. The van der Waals surface area contributed by atoms with Crippen molar-refractivity contribution in [1.29, 1.82) is 0 Å². The normalized spacial score (nSPS) is 12.8. The number of urea groups is 1. The Kier molecular flexibility index (Phi) is 7.16. The maximum atomic E-state index is 12.9. The van der Waals surface area contributed by atoms with Crippen LogP contribution in [0.2, 0.25) is 0 Å². The lowest BCUT2D eigenvalue weighted by molar-refractivity contribution is -0.122. The van der Waals surface area contributed by atoms with Crippen molar-refractivity contribution in [3.05, 3.63) is 93.7 Å². The Morgan fingerprint density at radius 2 is 1.66 bits per heavy atom. The van der Waals surface area contributed by atoms with Crippen molar-refractivity contribution in [3.8, 4) is 0 Å². The van der Waals surface area contributed by atoms with Gasteiger partial charge in [-0.3, -0.25) is 15.4 Å². The van der Waals surface area contributed by atoms with Crippen molar-refractivity contribution in [1.82, 2.24) is 16.0 Å². The van der Waals surface area contributed by atoms with E-state index in [4.69, 9.17) is 0 Å². The maximum absolute atomic E-state index is 12.9. The summed E-state index contributed by atoms with van der Waals surface area (Å²) >= 11 is 1.63. The first kappa shape index (κ1) is 20.8. The molecule has 0 aliphatic rings. The molecule has 0 spiro atoms. The summed E-state index contributed by atoms with van der Waals surface area (Å²) in [5.41, 5.74) is 3.12. The van der Waals surface area contributed by atoms with Crippen LogP contribution in [0.3, 0.4) is 0 Å². The average molecular weight is 408 g/mol. The third kappa shape index (κ3) is 5.31. The SMILES string of the molecule is CCc1ccc([C@H](N[C@H](C(=O)NC(=O)NC)c2ccccc2)c2cccs2)cc1. The minimum absolute atomic E-state index is 0.179. The van der Waals surface area contributed by atoms with E-state index in [1.165, 1.54) is 12.6 Å². The van der Waals surface area contributed by atoms with E-state index in [1.807, 2.05) is 41.8 Å². The Morgan fingerprint density at radius 1 is 0.931 bits per heavy atom. The van der Waals surface area contributed by atoms with Gasteiger partial charge in [-0.15, -0.1) is 11.3 Å². The van der Waals surface area contributed by atoms with Crippen molar-refractivity contribution in [2.75, 3.05) is 7.05 Å². The minimum Gasteiger partial charge on any atom is -0.341 e. The molecule has 0 radical (unpaired) electrons. The van der Waals surface area contributed by atoms with Crippen LogP contribution in [0, 0.1) is 0 Å². The molecule has 0 aliphatic heterocycles. The predicted octanol–water partition coefficient (Wildman–Crippen LogP) is 4.19. The fourth-order valence-corrected chi connectivity index (χ4v) is 3.94. The molecule has 0 unspecified atom stereocenters. The third-order valence-electron chi connectivity index (χ3n) is 4.74. The Bertz CT molecular complexity index is 925. The lowest BCUT2D eigenvalue weighted by Crippen LogP contribution is -2.45. The van der Waals surface area contributed by atoms with Gasteiger partial charge < -0.3 is 5.32 Å². The number of thiophene rings is 1. The maximum Gasteiger partial charge on any atom is 0.321 e. The van der Waals surface area contributed by atoms with E-state index < -0.39 is 18.0 Å².